The van der Waals surface area contributed by atoms with Gasteiger partial charge in [0.1, 0.15) is 24.5 Å². The topological polar surface area (TPSA) is 81.7 Å². The molecular weight excluding hydrogens is 382 g/mol. The van der Waals surface area contributed by atoms with Gasteiger partial charge in [0.15, 0.2) is 0 Å². The molecule has 2 aromatic carbocycles. The van der Waals surface area contributed by atoms with Gasteiger partial charge in [-0.25, -0.2) is 9.59 Å². The summed E-state index contributed by atoms with van der Waals surface area (Å²) >= 11 is 0. The molecule has 0 bridgehead atoms. The monoisotopic (exact) mass is 409 g/mol. The number of hydrogen-bond donors (Lipinski definition) is 1. The summed E-state index contributed by atoms with van der Waals surface area (Å²) in [5.41, 5.74) is 3.80. The van der Waals surface area contributed by atoms with Crippen LogP contribution in [-0.2, 0) is 19.1 Å². The summed E-state index contributed by atoms with van der Waals surface area (Å²) in [6, 6.07) is 15.2. The lowest BCUT2D eigenvalue weighted by atomic mass is 9.98. The molecule has 0 heterocycles. The third-order valence-electron chi connectivity index (χ3n) is 4.90. The van der Waals surface area contributed by atoms with E-state index in [0.29, 0.717) is 6.29 Å². The largest absolute Gasteiger partial charge is 0.458 e. The van der Waals surface area contributed by atoms with Crippen molar-refractivity contribution in [3.05, 3.63) is 59.7 Å². The molecule has 3 rings (SSSR count). The molecule has 2 aromatic rings. The average molecular weight is 409 g/mol. The van der Waals surface area contributed by atoms with E-state index in [1.54, 1.807) is 20.8 Å². The Kier molecular flexibility index (Phi) is 6.55. The molecule has 0 spiro atoms. The maximum Gasteiger partial charge on any atom is 0.407 e. The SMILES string of the molecule is CC(C)(C)OC(=O)[C@H](CCC=O)NC(=O)OCC1c2ccccc2-c2ccccc21. The van der Waals surface area contributed by atoms with Crippen molar-refractivity contribution in [2.75, 3.05) is 6.61 Å². The first-order valence-corrected chi connectivity index (χ1v) is 10.1. The van der Waals surface area contributed by atoms with Crippen molar-refractivity contribution >= 4 is 18.3 Å². The van der Waals surface area contributed by atoms with Crippen molar-refractivity contribution in [2.24, 2.45) is 0 Å². The minimum atomic E-state index is -0.940. The number of carbonyl (C=O) groups excluding carboxylic acids is 3. The highest BCUT2D eigenvalue weighted by Crippen LogP contribution is 2.44. The second-order valence-electron chi connectivity index (χ2n) is 8.30. The van der Waals surface area contributed by atoms with E-state index in [1.165, 1.54) is 0 Å². The number of benzene rings is 2. The van der Waals surface area contributed by atoms with Gasteiger partial charge in [0, 0.05) is 12.3 Å². The Bertz CT molecular complexity index is 886. The number of fused-ring (bicyclic) bond motifs is 3. The van der Waals surface area contributed by atoms with Gasteiger partial charge in [-0.15, -0.1) is 0 Å². The Labute approximate surface area is 176 Å². The number of esters is 1. The van der Waals surface area contributed by atoms with Crippen LogP contribution >= 0.6 is 0 Å². The first kappa shape index (κ1) is 21.6. The van der Waals surface area contributed by atoms with Crippen molar-refractivity contribution in [1.82, 2.24) is 5.32 Å². The Hall–Kier alpha value is -3.15. The summed E-state index contributed by atoms with van der Waals surface area (Å²) < 4.78 is 10.8. The quantitative estimate of drug-likeness (QED) is 0.547. The second-order valence-corrected chi connectivity index (χ2v) is 8.30. The molecule has 6 heteroatoms. The zero-order valence-electron chi connectivity index (χ0n) is 17.5. The Balaban J connectivity index is 1.67. The third-order valence-corrected chi connectivity index (χ3v) is 4.90. The summed E-state index contributed by atoms with van der Waals surface area (Å²) in [5, 5.41) is 2.55. The number of rotatable bonds is 7. The molecule has 0 aliphatic heterocycles. The summed E-state index contributed by atoms with van der Waals surface area (Å²) in [6.07, 6.45) is 0.283. The van der Waals surface area contributed by atoms with Gasteiger partial charge in [0.25, 0.3) is 0 Å². The van der Waals surface area contributed by atoms with Gasteiger partial charge in [-0.05, 0) is 49.4 Å². The number of nitrogens with one attached hydrogen (secondary N) is 1. The van der Waals surface area contributed by atoms with Crippen molar-refractivity contribution in [1.29, 1.82) is 0 Å². The molecule has 158 valence electrons. The molecule has 0 aromatic heterocycles. The Morgan fingerprint density at radius 2 is 1.60 bits per heavy atom. The highest BCUT2D eigenvalue weighted by molar-refractivity contribution is 5.82. The van der Waals surface area contributed by atoms with Gasteiger partial charge in [0.05, 0.1) is 0 Å². The van der Waals surface area contributed by atoms with Crippen LogP contribution in [-0.4, -0.2) is 36.6 Å². The highest BCUT2D eigenvalue weighted by atomic mass is 16.6. The van der Waals surface area contributed by atoms with Gasteiger partial charge in [0.2, 0.25) is 0 Å². The molecule has 0 saturated carbocycles. The van der Waals surface area contributed by atoms with E-state index < -0.39 is 23.7 Å². The summed E-state index contributed by atoms with van der Waals surface area (Å²) in [7, 11) is 0. The normalized spacial score (nSPS) is 13.7. The van der Waals surface area contributed by atoms with Gasteiger partial charge in [-0.3, -0.25) is 0 Å². The van der Waals surface area contributed by atoms with Crippen LogP contribution in [0.3, 0.4) is 0 Å². The molecule has 1 amide bonds. The summed E-state index contributed by atoms with van der Waals surface area (Å²) in [5.74, 6) is -0.657. The summed E-state index contributed by atoms with van der Waals surface area (Å²) in [4.78, 5) is 35.6. The van der Waals surface area contributed by atoms with E-state index in [1.807, 2.05) is 36.4 Å². The Morgan fingerprint density at radius 3 is 2.13 bits per heavy atom. The lowest BCUT2D eigenvalue weighted by molar-refractivity contribution is -0.157. The van der Waals surface area contributed by atoms with E-state index in [9.17, 15) is 14.4 Å². The molecule has 1 aliphatic rings. The number of aldehydes is 1. The fourth-order valence-corrected chi connectivity index (χ4v) is 3.64. The van der Waals surface area contributed by atoms with E-state index in [-0.39, 0.29) is 25.4 Å². The van der Waals surface area contributed by atoms with Crippen LogP contribution < -0.4 is 5.32 Å². The van der Waals surface area contributed by atoms with Crippen LogP contribution in [0.1, 0.15) is 50.7 Å². The molecule has 0 fully saturated rings. The smallest absolute Gasteiger partial charge is 0.407 e. The molecular formula is C24H27NO5. The first-order valence-electron chi connectivity index (χ1n) is 10.1. The number of amides is 1. The molecule has 1 aliphatic carbocycles. The molecule has 0 radical (unpaired) electrons. The van der Waals surface area contributed by atoms with Crippen molar-refractivity contribution in [3.63, 3.8) is 0 Å². The molecule has 1 atom stereocenters. The van der Waals surface area contributed by atoms with Crippen LogP contribution in [0.4, 0.5) is 4.79 Å². The predicted octanol–water partition coefficient (Wildman–Crippen LogP) is 4.21. The molecule has 30 heavy (non-hydrogen) atoms. The molecule has 0 saturated heterocycles. The summed E-state index contributed by atoms with van der Waals surface area (Å²) in [6.45, 7) is 5.38. The zero-order valence-corrected chi connectivity index (χ0v) is 17.5. The second kappa shape index (κ2) is 9.11. The van der Waals surface area contributed by atoms with Gasteiger partial charge in [-0.1, -0.05) is 48.5 Å². The third kappa shape index (κ3) is 5.06. The minimum absolute atomic E-state index is 0.0712. The number of alkyl carbamates (subject to hydrolysis) is 1. The number of ether oxygens (including phenoxy) is 2. The maximum atomic E-state index is 12.4. The van der Waals surface area contributed by atoms with Crippen LogP contribution in [0.2, 0.25) is 0 Å². The predicted molar refractivity (Wildman–Crippen MR) is 113 cm³/mol. The molecule has 0 unspecified atom stereocenters. The minimum Gasteiger partial charge on any atom is -0.458 e. The fraction of sp³-hybridized carbons (Fsp3) is 0.375. The van der Waals surface area contributed by atoms with Crippen molar-refractivity contribution in [3.8, 4) is 11.1 Å². The maximum absolute atomic E-state index is 12.4. The number of hydrogen-bond acceptors (Lipinski definition) is 5. The standard InChI is InChI=1S/C24H27NO5/c1-24(2,3)30-22(27)21(13-8-14-26)25-23(28)29-15-20-18-11-6-4-9-16(18)17-10-5-7-12-19(17)20/h4-7,9-12,14,20-21H,8,13,15H2,1-3H3,(H,25,28)/t21-/m0/s1. The van der Waals surface area contributed by atoms with E-state index in [0.717, 1.165) is 22.3 Å². The van der Waals surface area contributed by atoms with Crippen molar-refractivity contribution < 1.29 is 23.9 Å². The van der Waals surface area contributed by atoms with Crippen LogP contribution in [0, 0.1) is 0 Å². The van der Waals surface area contributed by atoms with Crippen LogP contribution in [0.15, 0.2) is 48.5 Å². The number of carbonyl (C=O) groups is 3. The van der Waals surface area contributed by atoms with Gasteiger partial charge >= 0.3 is 12.1 Å². The lowest BCUT2D eigenvalue weighted by Gasteiger charge is -2.24. The lowest BCUT2D eigenvalue weighted by Crippen LogP contribution is -2.44. The average Bonchev–Trinajstić information content (AvgIpc) is 3.02. The van der Waals surface area contributed by atoms with Crippen LogP contribution in [0.25, 0.3) is 11.1 Å². The van der Waals surface area contributed by atoms with E-state index in [4.69, 9.17) is 9.47 Å². The Morgan fingerprint density at radius 1 is 1.03 bits per heavy atom. The van der Waals surface area contributed by atoms with E-state index >= 15 is 0 Å². The van der Waals surface area contributed by atoms with Crippen LogP contribution in [0.5, 0.6) is 0 Å². The van der Waals surface area contributed by atoms with E-state index in [2.05, 4.69) is 17.4 Å². The molecule has 1 N–H and O–H groups in total. The van der Waals surface area contributed by atoms with Gasteiger partial charge in [-0.2, -0.15) is 0 Å². The van der Waals surface area contributed by atoms with Gasteiger partial charge < -0.3 is 19.6 Å². The van der Waals surface area contributed by atoms with Crippen molar-refractivity contribution in [2.45, 2.75) is 51.2 Å². The molecule has 6 nitrogen and oxygen atoms in total. The highest BCUT2D eigenvalue weighted by Gasteiger charge is 2.30. The zero-order chi connectivity index (χ0) is 21.7. The first-order chi connectivity index (χ1) is 14.3. The fourth-order valence-electron chi connectivity index (χ4n) is 3.64.